The van der Waals surface area contributed by atoms with Crippen LogP contribution in [0.3, 0.4) is 0 Å². The number of halogens is 1. The van der Waals surface area contributed by atoms with Crippen molar-refractivity contribution in [1.29, 1.82) is 0 Å². The molecule has 1 aromatic heterocycles. The fourth-order valence-corrected chi connectivity index (χ4v) is 2.57. The highest BCUT2D eigenvalue weighted by Gasteiger charge is 2.18. The van der Waals surface area contributed by atoms with E-state index in [1.54, 1.807) is 24.3 Å². The van der Waals surface area contributed by atoms with E-state index in [0.717, 1.165) is 22.5 Å². The molecule has 0 bridgehead atoms. The van der Waals surface area contributed by atoms with Crippen molar-refractivity contribution in [1.82, 2.24) is 15.5 Å². The van der Waals surface area contributed by atoms with Crippen molar-refractivity contribution in [2.45, 2.75) is 33.3 Å². The van der Waals surface area contributed by atoms with Gasteiger partial charge in [-0.05, 0) is 43.5 Å². The summed E-state index contributed by atoms with van der Waals surface area (Å²) in [6.07, 6.45) is -0.127. The molecule has 1 amide bonds. The summed E-state index contributed by atoms with van der Waals surface area (Å²) in [5.41, 5.74) is 3.71. The van der Waals surface area contributed by atoms with Crippen LogP contribution in [0.15, 0.2) is 24.3 Å². The number of aryl methyl sites for hydroxylation is 2. The van der Waals surface area contributed by atoms with Crippen LogP contribution in [0.2, 0.25) is 5.02 Å². The molecule has 5 nitrogen and oxygen atoms in total. The molecule has 0 saturated carbocycles. The van der Waals surface area contributed by atoms with Gasteiger partial charge in [-0.25, -0.2) is 0 Å². The van der Waals surface area contributed by atoms with Gasteiger partial charge >= 0.3 is 0 Å². The van der Waals surface area contributed by atoms with E-state index in [4.69, 9.17) is 11.6 Å². The fourth-order valence-electron chi connectivity index (χ4n) is 2.45. The first-order valence-corrected chi connectivity index (χ1v) is 7.98. The third kappa shape index (κ3) is 4.56. The molecule has 0 fully saturated rings. The summed E-state index contributed by atoms with van der Waals surface area (Å²) in [7, 11) is 0. The van der Waals surface area contributed by atoms with E-state index in [1.165, 1.54) is 0 Å². The summed E-state index contributed by atoms with van der Waals surface area (Å²) in [5.74, 6) is -0.277. The number of benzene rings is 1. The number of nitrogens with zero attached hydrogens (tertiary/aromatic N) is 1. The number of aromatic amines is 1. The molecule has 6 heteroatoms. The second-order valence-electron chi connectivity index (χ2n) is 5.83. The number of aromatic nitrogens is 2. The Bertz CT molecular complexity index is 647. The first-order valence-electron chi connectivity index (χ1n) is 7.60. The van der Waals surface area contributed by atoms with Gasteiger partial charge in [0.1, 0.15) is 0 Å². The average molecular weight is 336 g/mol. The zero-order valence-corrected chi connectivity index (χ0v) is 14.3. The van der Waals surface area contributed by atoms with Gasteiger partial charge < -0.3 is 10.4 Å². The highest BCUT2D eigenvalue weighted by Crippen LogP contribution is 2.17. The van der Waals surface area contributed by atoms with Crippen molar-refractivity contribution >= 4 is 17.5 Å². The molecule has 0 aliphatic carbocycles. The highest BCUT2D eigenvalue weighted by molar-refractivity contribution is 6.30. The smallest absolute Gasteiger partial charge is 0.223 e. The van der Waals surface area contributed by atoms with Gasteiger partial charge in [0.2, 0.25) is 5.91 Å². The van der Waals surface area contributed by atoms with Gasteiger partial charge in [0, 0.05) is 23.2 Å². The maximum atomic E-state index is 12.2. The number of hydrogen-bond donors (Lipinski definition) is 3. The van der Waals surface area contributed by atoms with Crippen molar-refractivity contribution in [3.05, 3.63) is 51.8 Å². The van der Waals surface area contributed by atoms with Crippen molar-refractivity contribution in [3.63, 3.8) is 0 Å². The molecule has 124 valence electrons. The van der Waals surface area contributed by atoms with Crippen LogP contribution in [0.1, 0.15) is 35.5 Å². The molecule has 0 spiro atoms. The van der Waals surface area contributed by atoms with Crippen LogP contribution >= 0.6 is 11.6 Å². The number of rotatable bonds is 6. The van der Waals surface area contributed by atoms with Crippen molar-refractivity contribution in [3.8, 4) is 0 Å². The van der Waals surface area contributed by atoms with E-state index < -0.39 is 6.10 Å². The van der Waals surface area contributed by atoms with Crippen molar-refractivity contribution < 1.29 is 9.90 Å². The molecule has 2 atom stereocenters. The van der Waals surface area contributed by atoms with Gasteiger partial charge in [-0.15, -0.1) is 0 Å². The Morgan fingerprint density at radius 3 is 2.57 bits per heavy atom. The van der Waals surface area contributed by atoms with Gasteiger partial charge in [-0.2, -0.15) is 5.10 Å². The summed E-state index contributed by atoms with van der Waals surface area (Å²) < 4.78 is 0. The summed E-state index contributed by atoms with van der Waals surface area (Å²) >= 11 is 5.82. The van der Waals surface area contributed by atoms with E-state index in [2.05, 4.69) is 15.5 Å². The van der Waals surface area contributed by atoms with Crippen LogP contribution in [-0.4, -0.2) is 27.8 Å². The fraction of sp³-hybridized carbons (Fsp3) is 0.412. The standard InChI is InChI=1S/C17H22ClN3O2/c1-10(8-15-11(2)20-21-12(15)3)17(23)19-9-16(22)13-4-6-14(18)7-5-13/h4-7,10,16,22H,8-9H2,1-3H3,(H,19,23)(H,20,21)/t10-,16+/m0/s1. The lowest BCUT2D eigenvalue weighted by molar-refractivity contribution is -0.124. The third-order valence-corrected chi connectivity index (χ3v) is 4.22. The van der Waals surface area contributed by atoms with E-state index in [9.17, 15) is 9.90 Å². The Labute approximate surface area is 141 Å². The Morgan fingerprint density at radius 2 is 2.00 bits per heavy atom. The second-order valence-corrected chi connectivity index (χ2v) is 6.27. The van der Waals surface area contributed by atoms with Crippen LogP contribution in [0, 0.1) is 19.8 Å². The number of carbonyl (C=O) groups is 1. The first-order chi connectivity index (χ1) is 10.9. The second kappa shape index (κ2) is 7.62. The normalized spacial score (nSPS) is 13.6. The van der Waals surface area contributed by atoms with E-state index >= 15 is 0 Å². The zero-order chi connectivity index (χ0) is 17.0. The highest BCUT2D eigenvalue weighted by atomic mass is 35.5. The average Bonchev–Trinajstić information content (AvgIpc) is 2.84. The lowest BCUT2D eigenvalue weighted by Gasteiger charge is -2.16. The molecule has 3 N–H and O–H groups in total. The largest absolute Gasteiger partial charge is 0.387 e. The summed E-state index contributed by atoms with van der Waals surface area (Å²) in [6.45, 7) is 5.92. The van der Waals surface area contributed by atoms with Crippen LogP contribution in [0.4, 0.5) is 0 Å². The predicted octanol–water partition coefficient (Wildman–Crippen LogP) is 2.71. The number of amides is 1. The van der Waals surface area contributed by atoms with E-state index in [1.807, 2.05) is 20.8 Å². The van der Waals surface area contributed by atoms with Gasteiger partial charge in [-0.1, -0.05) is 30.7 Å². The predicted molar refractivity (Wildman–Crippen MR) is 90.4 cm³/mol. The molecular weight excluding hydrogens is 314 g/mol. The number of nitrogens with one attached hydrogen (secondary N) is 2. The molecule has 1 aromatic carbocycles. The molecule has 1 heterocycles. The minimum Gasteiger partial charge on any atom is -0.387 e. The summed E-state index contributed by atoms with van der Waals surface area (Å²) in [4.78, 5) is 12.2. The minimum atomic E-state index is -0.749. The Balaban J connectivity index is 1.87. The SMILES string of the molecule is Cc1n[nH]c(C)c1C[C@H](C)C(=O)NC[C@@H](O)c1ccc(Cl)cc1. The molecule has 0 unspecified atom stereocenters. The Hall–Kier alpha value is -1.85. The molecule has 2 aromatic rings. The number of carbonyl (C=O) groups excluding carboxylic acids is 1. The Morgan fingerprint density at radius 1 is 1.35 bits per heavy atom. The number of aliphatic hydroxyl groups excluding tert-OH is 1. The quantitative estimate of drug-likeness (QED) is 0.759. The molecule has 0 aliphatic rings. The van der Waals surface area contributed by atoms with Gasteiger partial charge in [0.05, 0.1) is 11.8 Å². The minimum absolute atomic E-state index is 0.0852. The van der Waals surface area contributed by atoms with Gasteiger partial charge in [0.25, 0.3) is 0 Å². The lowest BCUT2D eigenvalue weighted by Crippen LogP contribution is -2.33. The van der Waals surface area contributed by atoms with Crippen molar-refractivity contribution in [2.24, 2.45) is 5.92 Å². The van der Waals surface area contributed by atoms with E-state index in [0.29, 0.717) is 11.4 Å². The van der Waals surface area contributed by atoms with Crippen molar-refractivity contribution in [2.75, 3.05) is 6.54 Å². The van der Waals surface area contributed by atoms with Crippen LogP contribution in [-0.2, 0) is 11.2 Å². The summed E-state index contributed by atoms with van der Waals surface area (Å²) in [6, 6.07) is 6.94. The molecule has 2 rings (SSSR count). The van der Waals surface area contributed by atoms with Crippen LogP contribution in [0.5, 0.6) is 0 Å². The Kier molecular flexibility index (Phi) is 5.80. The topological polar surface area (TPSA) is 78.0 Å². The summed E-state index contributed by atoms with van der Waals surface area (Å²) in [5, 5.41) is 20.6. The zero-order valence-electron chi connectivity index (χ0n) is 13.6. The molecule has 0 saturated heterocycles. The lowest BCUT2D eigenvalue weighted by atomic mass is 9.99. The third-order valence-electron chi connectivity index (χ3n) is 3.96. The monoisotopic (exact) mass is 335 g/mol. The molecule has 23 heavy (non-hydrogen) atoms. The van der Waals surface area contributed by atoms with Gasteiger partial charge in [-0.3, -0.25) is 9.89 Å². The number of hydrogen-bond acceptors (Lipinski definition) is 3. The molecule has 0 radical (unpaired) electrons. The molecular formula is C17H22ClN3O2. The molecule has 0 aliphatic heterocycles. The number of aliphatic hydroxyl groups is 1. The maximum absolute atomic E-state index is 12.2. The van der Waals surface area contributed by atoms with Gasteiger partial charge in [0.15, 0.2) is 0 Å². The van der Waals surface area contributed by atoms with Crippen LogP contribution < -0.4 is 5.32 Å². The number of H-pyrrole nitrogens is 1. The maximum Gasteiger partial charge on any atom is 0.223 e. The van der Waals surface area contributed by atoms with Crippen LogP contribution in [0.25, 0.3) is 0 Å². The van der Waals surface area contributed by atoms with E-state index in [-0.39, 0.29) is 18.4 Å². The first kappa shape index (κ1) is 17.5.